The fraction of sp³-hybridized carbons (Fsp3) is 0.0476. The zero-order valence-electron chi connectivity index (χ0n) is 14.4. The molecule has 0 fully saturated rings. The van der Waals surface area contributed by atoms with Crippen molar-refractivity contribution >= 4 is 21.7 Å². The Balaban J connectivity index is 1.93. The maximum absolute atomic E-state index is 12.6. The van der Waals surface area contributed by atoms with Crippen LogP contribution >= 0.6 is 0 Å². The Kier molecular flexibility index (Phi) is 5.06. The number of nitriles is 1. The molecule has 6 heteroatoms. The van der Waals surface area contributed by atoms with Crippen molar-refractivity contribution < 1.29 is 17.6 Å². The lowest BCUT2D eigenvalue weighted by atomic mass is 10.1. The van der Waals surface area contributed by atoms with Gasteiger partial charge in [-0.05, 0) is 31.2 Å². The number of sulfone groups is 1. The van der Waals surface area contributed by atoms with Gasteiger partial charge in [0.25, 0.3) is 0 Å². The van der Waals surface area contributed by atoms with Crippen molar-refractivity contribution in [3.8, 4) is 17.4 Å². The third-order valence-electron chi connectivity index (χ3n) is 3.93. The van der Waals surface area contributed by atoms with Crippen molar-refractivity contribution in [2.75, 3.05) is 0 Å². The molecule has 0 atom stereocenters. The summed E-state index contributed by atoms with van der Waals surface area (Å²) in [4.78, 5) is 11.0. The van der Waals surface area contributed by atoms with Gasteiger partial charge in [-0.15, -0.1) is 0 Å². The summed E-state index contributed by atoms with van der Waals surface area (Å²) in [5.41, 5.74) is 1.33. The van der Waals surface area contributed by atoms with Gasteiger partial charge in [-0.2, -0.15) is 5.26 Å². The van der Waals surface area contributed by atoms with Gasteiger partial charge in [0.05, 0.1) is 4.90 Å². The first-order valence-electron chi connectivity index (χ1n) is 8.05. The molecular weight excluding hydrogens is 362 g/mol. The number of furan rings is 1. The van der Waals surface area contributed by atoms with Crippen molar-refractivity contribution in [3.05, 3.63) is 83.0 Å². The van der Waals surface area contributed by atoms with Gasteiger partial charge in [0.15, 0.2) is 10.7 Å². The lowest BCUT2D eigenvalue weighted by Gasteiger charge is -2.02. The van der Waals surface area contributed by atoms with Crippen LogP contribution in [0.2, 0.25) is 0 Å². The van der Waals surface area contributed by atoms with E-state index in [4.69, 9.17) is 4.42 Å². The minimum absolute atomic E-state index is 0.0330. The summed E-state index contributed by atoms with van der Waals surface area (Å²) in [5, 5.41) is 9.32. The van der Waals surface area contributed by atoms with Crippen LogP contribution in [0.25, 0.3) is 17.4 Å². The number of allylic oxidation sites excluding steroid dienone is 1. The SMILES string of the molecule is CC(=O)c1ccc(-c2ccc(C=C(C#N)S(=O)(=O)c3ccccc3)o2)cc1. The molecule has 0 radical (unpaired) electrons. The molecule has 2 aromatic carbocycles. The average Bonchev–Trinajstić information content (AvgIpc) is 3.15. The third kappa shape index (κ3) is 3.89. The quantitative estimate of drug-likeness (QED) is 0.483. The zero-order chi connectivity index (χ0) is 19.4. The van der Waals surface area contributed by atoms with Gasteiger partial charge in [0.2, 0.25) is 9.84 Å². The average molecular weight is 377 g/mol. The summed E-state index contributed by atoms with van der Waals surface area (Å²) in [6, 6.07) is 19.6. The summed E-state index contributed by atoms with van der Waals surface area (Å²) in [5.74, 6) is 0.719. The van der Waals surface area contributed by atoms with E-state index in [1.54, 1.807) is 60.7 Å². The van der Waals surface area contributed by atoms with Gasteiger partial charge in [0.1, 0.15) is 17.6 Å². The molecule has 0 aliphatic heterocycles. The molecule has 0 amide bonds. The largest absolute Gasteiger partial charge is 0.457 e. The predicted octanol–water partition coefficient (Wildman–Crippen LogP) is 4.49. The molecule has 3 rings (SSSR count). The molecule has 0 unspecified atom stereocenters. The minimum atomic E-state index is -3.92. The Hall–Kier alpha value is -3.43. The molecule has 0 aliphatic rings. The van der Waals surface area contributed by atoms with Crippen molar-refractivity contribution in [2.45, 2.75) is 11.8 Å². The number of Topliss-reactive ketones (excluding diaryl/α,β-unsaturated/α-hetero) is 1. The molecule has 0 N–H and O–H groups in total. The van der Waals surface area contributed by atoms with E-state index in [1.165, 1.54) is 25.1 Å². The van der Waals surface area contributed by atoms with Crippen LogP contribution in [-0.2, 0) is 9.84 Å². The summed E-state index contributed by atoms with van der Waals surface area (Å²) >= 11 is 0. The highest BCUT2D eigenvalue weighted by Gasteiger charge is 2.21. The van der Waals surface area contributed by atoms with Gasteiger partial charge in [0, 0.05) is 17.2 Å². The highest BCUT2D eigenvalue weighted by Crippen LogP contribution is 2.26. The molecular formula is C21H15NO4S. The molecule has 5 nitrogen and oxygen atoms in total. The number of carbonyl (C=O) groups is 1. The van der Waals surface area contributed by atoms with E-state index >= 15 is 0 Å². The second-order valence-electron chi connectivity index (χ2n) is 5.77. The van der Waals surface area contributed by atoms with E-state index < -0.39 is 14.7 Å². The molecule has 0 saturated heterocycles. The van der Waals surface area contributed by atoms with E-state index in [0.29, 0.717) is 11.3 Å². The maximum Gasteiger partial charge on any atom is 0.216 e. The first kappa shape index (κ1) is 18.4. The summed E-state index contributed by atoms with van der Waals surface area (Å²) in [6.07, 6.45) is 1.20. The zero-order valence-corrected chi connectivity index (χ0v) is 15.2. The van der Waals surface area contributed by atoms with Crippen LogP contribution in [-0.4, -0.2) is 14.2 Å². The van der Waals surface area contributed by atoms with E-state index in [2.05, 4.69) is 0 Å². The Morgan fingerprint density at radius 2 is 1.67 bits per heavy atom. The Morgan fingerprint density at radius 3 is 2.26 bits per heavy atom. The molecule has 0 aliphatic carbocycles. The second-order valence-corrected chi connectivity index (χ2v) is 7.69. The van der Waals surface area contributed by atoms with E-state index in [-0.39, 0.29) is 16.4 Å². The Morgan fingerprint density at radius 1 is 1.00 bits per heavy atom. The topological polar surface area (TPSA) is 88.1 Å². The van der Waals surface area contributed by atoms with Crippen LogP contribution in [0, 0.1) is 11.3 Å². The van der Waals surface area contributed by atoms with Crippen LogP contribution in [0.15, 0.2) is 80.9 Å². The van der Waals surface area contributed by atoms with Crippen LogP contribution in [0.3, 0.4) is 0 Å². The lowest BCUT2D eigenvalue weighted by molar-refractivity contribution is 0.101. The van der Waals surface area contributed by atoms with Gasteiger partial charge >= 0.3 is 0 Å². The van der Waals surface area contributed by atoms with Gasteiger partial charge in [-0.3, -0.25) is 4.79 Å². The van der Waals surface area contributed by atoms with Gasteiger partial charge in [-0.1, -0.05) is 42.5 Å². The summed E-state index contributed by atoms with van der Waals surface area (Å²) < 4.78 is 30.8. The number of rotatable bonds is 5. The highest BCUT2D eigenvalue weighted by atomic mass is 32.2. The molecule has 0 bridgehead atoms. The van der Waals surface area contributed by atoms with E-state index in [1.807, 2.05) is 0 Å². The smallest absolute Gasteiger partial charge is 0.216 e. The Labute approximate surface area is 157 Å². The van der Waals surface area contributed by atoms with Crippen LogP contribution in [0.4, 0.5) is 0 Å². The Bertz CT molecular complexity index is 1150. The number of nitrogens with zero attached hydrogens (tertiary/aromatic N) is 1. The number of hydrogen-bond donors (Lipinski definition) is 0. The summed E-state index contributed by atoms with van der Waals surface area (Å²) in [6.45, 7) is 1.49. The molecule has 0 spiro atoms. The molecule has 27 heavy (non-hydrogen) atoms. The molecule has 1 aromatic heterocycles. The van der Waals surface area contributed by atoms with Crippen LogP contribution < -0.4 is 0 Å². The first-order chi connectivity index (χ1) is 12.9. The fourth-order valence-corrected chi connectivity index (χ4v) is 3.64. The molecule has 1 heterocycles. The number of benzene rings is 2. The van der Waals surface area contributed by atoms with Crippen LogP contribution in [0.5, 0.6) is 0 Å². The van der Waals surface area contributed by atoms with E-state index in [9.17, 15) is 18.5 Å². The summed E-state index contributed by atoms with van der Waals surface area (Å²) in [7, 11) is -3.92. The maximum atomic E-state index is 12.6. The molecule has 134 valence electrons. The highest BCUT2D eigenvalue weighted by molar-refractivity contribution is 7.95. The first-order valence-corrected chi connectivity index (χ1v) is 9.53. The fourth-order valence-electron chi connectivity index (χ4n) is 2.48. The van der Waals surface area contributed by atoms with Crippen molar-refractivity contribution in [2.24, 2.45) is 0 Å². The normalized spacial score (nSPS) is 11.8. The molecule has 3 aromatic rings. The predicted molar refractivity (Wildman–Crippen MR) is 101 cm³/mol. The monoisotopic (exact) mass is 377 g/mol. The van der Waals surface area contributed by atoms with Crippen molar-refractivity contribution in [1.82, 2.24) is 0 Å². The standard InChI is InChI=1S/C21H15NO4S/c1-15(23)16-7-9-17(10-8-16)21-12-11-18(26-21)13-20(14-22)27(24,25)19-5-3-2-4-6-19/h2-13H,1H3. The second kappa shape index (κ2) is 7.44. The third-order valence-corrected chi connectivity index (χ3v) is 5.61. The number of hydrogen-bond acceptors (Lipinski definition) is 5. The lowest BCUT2D eigenvalue weighted by Crippen LogP contribution is -2.03. The molecule has 0 saturated carbocycles. The van der Waals surface area contributed by atoms with Crippen molar-refractivity contribution in [3.63, 3.8) is 0 Å². The van der Waals surface area contributed by atoms with Gasteiger partial charge < -0.3 is 4.42 Å². The van der Waals surface area contributed by atoms with Crippen molar-refractivity contribution in [1.29, 1.82) is 5.26 Å². The van der Waals surface area contributed by atoms with Gasteiger partial charge in [-0.25, -0.2) is 8.42 Å². The van der Waals surface area contributed by atoms with Crippen LogP contribution in [0.1, 0.15) is 23.0 Å². The number of carbonyl (C=O) groups excluding carboxylic acids is 1. The van der Waals surface area contributed by atoms with E-state index in [0.717, 1.165) is 5.56 Å². The number of ketones is 1. The minimum Gasteiger partial charge on any atom is -0.457 e.